The normalized spacial score (nSPS) is 10.5. The standard InChI is InChI=1S/C11H11ClN2O/c12-6-5-9-7-13-14(8-9)10-1-3-11(15)4-2-10/h1-4,7-8,15H,5-6H2. The second-order valence-electron chi connectivity index (χ2n) is 3.25. The van der Waals surface area contributed by atoms with Gasteiger partial charge < -0.3 is 5.11 Å². The smallest absolute Gasteiger partial charge is 0.115 e. The largest absolute Gasteiger partial charge is 0.508 e. The monoisotopic (exact) mass is 222 g/mol. The number of nitrogens with zero attached hydrogens (tertiary/aromatic N) is 2. The summed E-state index contributed by atoms with van der Waals surface area (Å²) in [6.45, 7) is 0. The molecular weight excluding hydrogens is 212 g/mol. The number of phenolic OH excluding ortho intramolecular Hbond substituents is 1. The summed E-state index contributed by atoms with van der Waals surface area (Å²) in [7, 11) is 0. The Morgan fingerprint density at radius 2 is 2.00 bits per heavy atom. The van der Waals surface area contributed by atoms with Gasteiger partial charge in [-0.15, -0.1) is 11.6 Å². The van der Waals surface area contributed by atoms with Crippen molar-refractivity contribution in [1.29, 1.82) is 0 Å². The van der Waals surface area contributed by atoms with Crippen LogP contribution in [0.5, 0.6) is 5.75 Å². The topological polar surface area (TPSA) is 38.0 Å². The third kappa shape index (κ3) is 2.30. The van der Waals surface area contributed by atoms with Crippen molar-refractivity contribution in [3.05, 3.63) is 42.2 Å². The molecule has 4 heteroatoms. The molecule has 1 heterocycles. The van der Waals surface area contributed by atoms with Crippen molar-refractivity contribution in [2.45, 2.75) is 6.42 Å². The Bertz CT molecular complexity index is 436. The van der Waals surface area contributed by atoms with E-state index in [2.05, 4.69) is 5.10 Å². The minimum absolute atomic E-state index is 0.256. The van der Waals surface area contributed by atoms with Crippen LogP contribution < -0.4 is 0 Å². The molecule has 1 N–H and O–H groups in total. The van der Waals surface area contributed by atoms with Crippen molar-refractivity contribution in [3.63, 3.8) is 0 Å². The van der Waals surface area contributed by atoms with Crippen LogP contribution in [0.15, 0.2) is 36.7 Å². The summed E-state index contributed by atoms with van der Waals surface area (Å²) >= 11 is 5.64. The molecule has 0 aliphatic carbocycles. The van der Waals surface area contributed by atoms with Gasteiger partial charge in [-0.25, -0.2) is 4.68 Å². The highest BCUT2D eigenvalue weighted by molar-refractivity contribution is 6.17. The van der Waals surface area contributed by atoms with E-state index >= 15 is 0 Å². The van der Waals surface area contributed by atoms with Crippen molar-refractivity contribution in [3.8, 4) is 11.4 Å². The molecule has 0 aliphatic heterocycles. The molecule has 3 nitrogen and oxygen atoms in total. The predicted octanol–water partition coefficient (Wildman–Crippen LogP) is 2.36. The fraction of sp³-hybridized carbons (Fsp3) is 0.182. The minimum Gasteiger partial charge on any atom is -0.508 e. The van der Waals surface area contributed by atoms with Crippen LogP contribution in [0.4, 0.5) is 0 Å². The molecule has 2 rings (SSSR count). The quantitative estimate of drug-likeness (QED) is 0.810. The number of halogens is 1. The van der Waals surface area contributed by atoms with Crippen LogP contribution in [0, 0.1) is 0 Å². The van der Waals surface area contributed by atoms with Crippen LogP contribution in [-0.2, 0) is 6.42 Å². The van der Waals surface area contributed by atoms with Gasteiger partial charge in [0.2, 0.25) is 0 Å². The molecule has 0 saturated carbocycles. The lowest BCUT2D eigenvalue weighted by atomic mass is 10.3. The summed E-state index contributed by atoms with van der Waals surface area (Å²) in [6, 6.07) is 6.90. The van der Waals surface area contributed by atoms with E-state index in [-0.39, 0.29) is 5.75 Å². The SMILES string of the molecule is Oc1ccc(-n2cc(CCCl)cn2)cc1. The summed E-state index contributed by atoms with van der Waals surface area (Å²) in [5.41, 5.74) is 2.03. The lowest BCUT2D eigenvalue weighted by molar-refractivity contribution is 0.475. The van der Waals surface area contributed by atoms with Gasteiger partial charge in [-0.3, -0.25) is 0 Å². The first kappa shape index (κ1) is 10.1. The van der Waals surface area contributed by atoms with Gasteiger partial charge in [0.15, 0.2) is 0 Å². The van der Waals surface area contributed by atoms with Crippen LogP contribution in [0.1, 0.15) is 5.56 Å². The van der Waals surface area contributed by atoms with Gasteiger partial charge in [-0.05, 0) is 36.2 Å². The molecule has 0 spiro atoms. The first-order valence-electron chi connectivity index (χ1n) is 4.68. The number of aromatic hydroxyl groups is 1. The molecule has 0 fully saturated rings. The van der Waals surface area contributed by atoms with Crippen LogP contribution in [0.2, 0.25) is 0 Å². The number of benzene rings is 1. The molecule has 2 aromatic rings. The molecule has 0 saturated heterocycles. The highest BCUT2D eigenvalue weighted by Gasteiger charge is 2.00. The van der Waals surface area contributed by atoms with E-state index in [9.17, 15) is 0 Å². The van der Waals surface area contributed by atoms with Gasteiger partial charge in [0.1, 0.15) is 5.75 Å². The Balaban J connectivity index is 2.25. The second kappa shape index (κ2) is 4.36. The highest BCUT2D eigenvalue weighted by Crippen LogP contribution is 2.13. The summed E-state index contributed by atoms with van der Waals surface area (Å²) in [6.07, 6.45) is 4.56. The number of rotatable bonds is 3. The van der Waals surface area contributed by atoms with Crippen molar-refractivity contribution < 1.29 is 5.11 Å². The van der Waals surface area contributed by atoms with E-state index in [1.54, 1.807) is 23.0 Å². The Labute approximate surface area is 92.9 Å². The molecule has 1 aromatic heterocycles. The fourth-order valence-electron chi connectivity index (χ4n) is 1.34. The molecule has 0 radical (unpaired) electrons. The minimum atomic E-state index is 0.256. The van der Waals surface area contributed by atoms with E-state index < -0.39 is 0 Å². The van der Waals surface area contributed by atoms with Gasteiger partial charge in [0.25, 0.3) is 0 Å². The molecule has 15 heavy (non-hydrogen) atoms. The Morgan fingerprint density at radius 1 is 1.27 bits per heavy atom. The lowest BCUT2D eigenvalue weighted by Crippen LogP contribution is -1.93. The molecule has 78 valence electrons. The Kier molecular flexibility index (Phi) is 2.92. The van der Waals surface area contributed by atoms with Gasteiger partial charge in [0, 0.05) is 12.1 Å². The lowest BCUT2D eigenvalue weighted by Gasteiger charge is -2.00. The van der Waals surface area contributed by atoms with Crippen molar-refractivity contribution in [2.75, 3.05) is 5.88 Å². The zero-order valence-corrected chi connectivity index (χ0v) is 8.85. The van der Waals surface area contributed by atoms with Crippen molar-refractivity contribution in [2.24, 2.45) is 0 Å². The van der Waals surface area contributed by atoms with Crippen LogP contribution in [-0.4, -0.2) is 20.8 Å². The summed E-state index contributed by atoms with van der Waals surface area (Å²) in [5.74, 6) is 0.855. The van der Waals surface area contributed by atoms with Crippen molar-refractivity contribution >= 4 is 11.6 Å². The second-order valence-corrected chi connectivity index (χ2v) is 3.63. The van der Waals surface area contributed by atoms with Gasteiger partial charge in [0.05, 0.1) is 11.9 Å². The van der Waals surface area contributed by atoms with Gasteiger partial charge in [-0.1, -0.05) is 0 Å². The third-order valence-corrected chi connectivity index (χ3v) is 2.32. The number of aromatic nitrogens is 2. The van der Waals surface area contributed by atoms with E-state index in [4.69, 9.17) is 16.7 Å². The summed E-state index contributed by atoms with van der Waals surface area (Å²) in [4.78, 5) is 0. The Morgan fingerprint density at radius 3 is 2.67 bits per heavy atom. The summed E-state index contributed by atoms with van der Waals surface area (Å²) < 4.78 is 1.77. The third-order valence-electron chi connectivity index (χ3n) is 2.13. The fourth-order valence-corrected chi connectivity index (χ4v) is 1.56. The van der Waals surface area contributed by atoms with Crippen LogP contribution in [0.3, 0.4) is 0 Å². The molecule has 0 bridgehead atoms. The number of phenols is 1. The van der Waals surface area contributed by atoms with Crippen molar-refractivity contribution in [1.82, 2.24) is 9.78 Å². The van der Waals surface area contributed by atoms with Gasteiger partial charge >= 0.3 is 0 Å². The van der Waals surface area contributed by atoms with E-state index in [1.807, 2.05) is 18.3 Å². The molecule has 0 atom stereocenters. The summed E-state index contributed by atoms with van der Waals surface area (Å²) in [5, 5.41) is 13.4. The average Bonchev–Trinajstić information content (AvgIpc) is 2.68. The first-order valence-corrected chi connectivity index (χ1v) is 5.22. The highest BCUT2D eigenvalue weighted by atomic mass is 35.5. The molecule has 0 aliphatic rings. The molecular formula is C11H11ClN2O. The van der Waals surface area contributed by atoms with Gasteiger partial charge in [-0.2, -0.15) is 5.10 Å². The zero-order valence-electron chi connectivity index (χ0n) is 8.10. The number of hydrogen-bond donors (Lipinski definition) is 1. The number of aryl methyl sites for hydroxylation is 1. The molecule has 0 amide bonds. The Hall–Kier alpha value is -1.48. The van der Waals surface area contributed by atoms with E-state index in [0.717, 1.165) is 17.7 Å². The number of hydrogen-bond acceptors (Lipinski definition) is 2. The van der Waals surface area contributed by atoms with E-state index in [1.165, 1.54) is 0 Å². The maximum absolute atomic E-state index is 9.15. The van der Waals surface area contributed by atoms with E-state index in [0.29, 0.717) is 5.88 Å². The number of alkyl halides is 1. The maximum atomic E-state index is 9.15. The molecule has 0 unspecified atom stereocenters. The molecule has 1 aromatic carbocycles. The van der Waals surface area contributed by atoms with Crippen LogP contribution in [0.25, 0.3) is 5.69 Å². The predicted molar refractivity (Wildman–Crippen MR) is 59.7 cm³/mol. The maximum Gasteiger partial charge on any atom is 0.115 e. The first-order chi connectivity index (χ1) is 7.29. The van der Waals surface area contributed by atoms with Crippen LogP contribution >= 0.6 is 11.6 Å². The zero-order chi connectivity index (χ0) is 10.7. The average molecular weight is 223 g/mol.